The number of para-hydroxylation sites is 2. The van der Waals surface area contributed by atoms with E-state index in [1.54, 1.807) is 0 Å². The number of hydrogen-bond donors (Lipinski definition) is 1. The lowest BCUT2D eigenvalue weighted by atomic mass is 10.3. The molecule has 17 heavy (non-hydrogen) atoms. The Bertz CT molecular complexity index is 634. The van der Waals surface area contributed by atoms with Gasteiger partial charge in [-0.1, -0.05) is 12.1 Å². The zero-order valence-electron chi connectivity index (χ0n) is 8.59. The molecule has 0 saturated heterocycles. The summed E-state index contributed by atoms with van der Waals surface area (Å²) in [5.41, 5.74) is 1.83. The van der Waals surface area contributed by atoms with Crippen LogP contribution in [0.5, 0.6) is 0 Å². The fourth-order valence-electron chi connectivity index (χ4n) is 1.45. The molecule has 1 aromatic carbocycles. The van der Waals surface area contributed by atoms with Gasteiger partial charge in [0.25, 0.3) is 0 Å². The number of nitrogens with zero attached hydrogens (tertiary/aromatic N) is 3. The van der Waals surface area contributed by atoms with E-state index in [-0.39, 0.29) is 0 Å². The average Bonchev–Trinajstić information content (AvgIpc) is 2.71. The Morgan fingerprint density at radius 1 is 1.18 bits per heavy atom. The first-order chi connectivity index (χ1) is 8.31. The van der Waals surface area contributed by atoms with Crippen molar-refractivity contribution in [2.45, 2.75) is 10.2 Å². The summed E-state index contributed by atoms with van der Waals surface area (Å²) in [7, 11) is 0. The first-order valence-electron chi connectivity index (χ1n) is 4.91. The summed E-state index contributed by atoms with van der Waals surface area (Å²) >= 11 is 1.27. The second kappa shape index (κ2) is 4.14. The van der Waals surface area contributed by atoms with E-state index < -0.39 is 5.95 Å². The second-order valence-corrected chi connectivity index (χ2v) is 4.35. The summed E-state index contributed by atoms with van der Waals surface area (Å²) in [4.78, 5) is 14.9. The predicted octanol–water partition coefficient (Wildman–Crippen LogP) is 2.64. The number of nitrogens with one attached hydrogen (secondary N) is 1. The number of fused-ring (bicyclic) bond motifs is 1. The van der Waals surface area contributed by atoms with Crippen LogP contribution in [-0.4, -0.2) is 19.9 Å². The Kier molecular flexibility index (Phi) is 2.49. The highest BCUT2D eigenvalue weighted by atomic mass is 32.2. The molecule has 0 amide bonds. The van der Waals surface area contributed by atoms with Gasteiger partial charge in [0.15, 0.2) is 5.16 Å². The molecule has 0 bridgehead atoms. The van der Waals surface area contributed by atoms with E-state index in [1.165, 1.54) is 24.2 Å². The van der Waals surface area contributed by atoms with Gasteiger partial charge in [0.1, 0.15) is 11.4 Å². The van der Waals surface area contributed by atoms with Crippen LogP contribution in [0.25, 0.3) is 11.0 Å². The van der Waals surface area contributed by atoms with Gasteiger partial charge in [-0.3, -0.25) is 0 Å². The summed E-state index contributed by atoms with van der Waals surface area (Å²) in [6, 6.07) is 8.97. The van der Waals surface area contributed by atoms with Gasteiger partial charge in [0.05, 0.1) is 11.0 Å². The Morgan fingerprint density at radius 2 is 2.06 bits per heavy atom. The lowest BCUT2D eigenvalue weighted by molar-refractivity contribution is 0.572. The van der Waals surface area contributed by atoms with Crippen molar-refractivity contribution in [3.05, 3.63) is 42.6 Å². The number of benzene rings is 1. The highest BCUT2D eigenvalue weighted by molar-refractivity contribution is 7.99. The van der Waals surface area contributed by atoms with Crippen molar-refractivity contribution in [3.63, 3.8) is 0 Å². The molecule has 2 aromatic heterocycles. The minimum absolute atomic E-state index is 0.525. The van der Waals surface area contributed by atoms with Crippen molar-refractivity contribution >= 4 is 22.8 Å². The maximum Gasteiger partial charge on any atom is 0.217 e. The largest absolute Gasteiger partial charge is 0.333 e. The van der Waals surface area contributed by atoms with E-state index in [0.717, 1.165) is 11.0 Å². The number of H-pyrrole nitrogens is 1. The molecule has 0 radical (unpaired) electrons. The van der Waals surface area contributed by atoms with Crippen LogP contribution >= 0.6 is 11.8 Å². The maximum absolute atomic E-state index is 12.9. The van der Waals surface area contributed by atoms with Crippen LogP contribution in [0.2, 0.25) is 0 Å². The third kappa shape index (κ3) is 2.12. The zero-order chi connectivity index (χ0) is 11.7. The van der Waals surface area contributed by atoms with Gasteiger partial charge in [-0.15, -0.1) is 0 Å². The molecule has 0 unspecified atom stereocenters. The van der Waals surface area contributed by atoms with Crippen LogP contribution < -0.4 is 0 Å². The second-order valence-electron chi connectivity index (χ2n) is 3.34. The van der Waals surface area contributed by atoms with Gasteiger partial charge in [-0.2, -0.15) is 4.39 Å². The van der Waals surface area contributed by atoms with E-state index in [2.05, 4.69) is 19.9 Å². The molecule has 3 aromatic rings. The van der Waals surface area contributed by atoms with Crippen LogP contribution in [-0.2, 0) is 0 Å². The molecular formula is C11H7FN4S. The first kappa shape index (κ1) is 10.2. The van der Waals surface area contributed by atoms with Gasteiger partial charge >= 0.3 is 0 Å². The normalized spacial score (nSPS) is 10.9. The number of aromatic amines is 1. The number of halogens is 1. The van der Waals surface area contributed by atoms with Gasteiger partial charge in [0, 0.05) is 6.07 Å². The van der Waals surface area contributed by atoms with Gasteiger partial charge < -0.3 is 4.98 Å². The molecule has 4 nitrogen and oxygen atoms in total. The molecule has 2 heterocycles. The minimum Gasteiger partial charge on any atom is -0.333 e. The number of aromatic nitrogens is 4. The molecule has 84 valence electrons. The van der Waals surface area contributed by atoms with Crippen molar-refractivity contribution < 1.29 is 4.39 Å². The molecule has 0 spiro atoms. The van der Waals surface area contributed by atoms with Gasteiger partial charge in [-0.05, 0) is 23.9 Å². The third-order valence-corrected chi connectivity index (χ3v) is 3.00. The lowest BCUT2D eigenvalue weighted by Crippen LogP contribution is -1.86. The van der Waals surface area contributed by atoms with Crippen molar-refractivity contribution in [1.29, 1.82) is 0 Å². The van der Waals surface area contributed by atoms with Crippen LogP contribution in [0.15, 0.2) is 46.8 Å². The highest BCUT2D eigenvalue weighted by Crippen LogP contribution is 2.25. The van der Waals surface area contributed by atoms with Crippen molar-refractivity contribution in [1.82, 2.24) is 19.9 Å². The Labute approximate surface area is 100 Å². The van der Waals surface area contributed by atoms with E-state index in [0.29, 0.717) is 10.2 Å². The molecule has 0 aliphatic heterocycles. The third-order valence-electron chi connectivity index (χ3n) is 2.18. The van der Waals surface area contributed by atoms with Crippen LogP contribution in [0.4, 0.5) is 4.39 Å². The Balaban J connectivity index is 1.94. The lowest BCUT2D eigenvalue weighted by Gasteiger charge is -1.95. The number of imidazole rings is 1. The first-order valence-corrected chi connectivity index (χ1v) is 5.73. The summed E-state index contributed by atoms with van der Waals surface area (Å²) in [5.74, 6) is -0.543. The van der Waals surface area contributed by atoms with Crippen molar-refractivity contribution in [2.75, 3.05) is 0 Å². The molecule has 6 heteroatoms. The topological polar surface area (TPSA) is 54.5 Å². The molecule has 3 rings (SSSR count). The zero-order valence-corrected chi connectivity index (χ0v) is 9.41. The average molecular weight is 246 g/mol. The fraction of sp³-hybridized carbons (Fsp3) is 0. The number of hydrogen-bond acceptors (Lipinski definition) is 4. The molecule has 0 aliphatic carbocycles. The summed E-state index contributed by atoms with van der Waals surface area (Å²) < 4.78 is 12.9. The fourth-order valence-corrected chi connectivity index (χ4v) is 2.21. The van der Waals surface area contributed by atoms with E-state index >= 15 is 0 Å². The molecule has 0 atom stereocenters. The number of rotatable bonds is 2. The molecule has 0 fully saturated rings. The van der Waals surface area contributed by atoms with E-state index in [4.69, 9.17) is 0 Å². The molecule has 1 N–H and O–H groups in total. The van der Waals surface area contributed by atoms with E-state index in [9.17, 15) is 4.39 Å². The summed E-state index contributed by atoms with van der Waals surface area (Å²) in [6.45, 7) is 0. The molecule has 0 saturated carbocycles. The molecule has 0 aliphatic rings. The van der Waals surface area contributed by atoms with E-state index in [1.807, 2.05) is 24.3 Å². The Hall–Kier alpha value is -1.95. The highest BCUT2D eigenvalue weighted by Gasteiger charge is 2.05. The standard InChI is InChI=1S/C11H7FN4S/c12-9-5-10(14-6-13-9)17-11-15-7-3-1-2-4-8(7)16-11/h1-6H,(H,15,16). The summed E-state index contributed by atoms with van der Waals surface area (Å²) in [6.07, 6.45) is 1.19. The maximum atomic E-state index is 12.9. The SMILES string of the molecule is Fc1cc(Sc2nc3ccccc3[nH]2)ncn1. The minimum atomic E-state index is -0.543. The van der Waals surface area contributed by atoms with Crippen LogP contribution in [0.1, 0.15) is 0 Å². The summed E-state index contributed by atoms with van der Waals surface area (Å²) in [5, 5.41) is 1.21. The Morgan fingerprint density at radius 3 is 2.88 bits per heavy atom. The van der Waals surface area contributed by atoms with Crippen molar-refractivity contribution in [3.8, 4) is 0 Å². The monoisotopic (exact) mass is 246 g/mol. The van der Waals surface area contributed by atoms with Crippen LogP contribution in [0.3, 0.4) is 0 Å². The van der Waals surface area contributed by atoms with Gasteiger partial charge in [-0.25, -0.2) is 15.0 Å². The molecular weight excluding hydrogens is 239 g/mol. The quantitative estimate of drug-likeness (QED) is 0.706. The smallest absolute Gasteiger partial charge is 0.217 e. The van der Waals surface area contributed by atoms with Gasteiger partial charge in [0.2, 0.25) is 5.95 Å². The van der Waals surface area contributed by atoms with Crippen molar-refractivity contribution in [2.24, 2.45) is 0 Å². The predicted molar refractivity (Wildman–Crippen MR) is 62.2 cm³/mol. The van der Waals surface area contributed by atoms with Crippen LogP contribution in [0, 0.1) is 5.95 Å².